The third-order valence-corrected chi connectivity index (χ3v) is 4.78. The fraction of sp³-hybridized carbons (Fsp3) is 0.118. The van der Waals surface area contributed by atoms with Crippen molar-refractivity contribution in [3.8, 4) is 22.8 Å². The van der Waals surface area contributed by atoms with Crippen LogP contribution >= 0.6 is 11.3 Å². The van der Waals surface area contributed by atoms with Crippen LogP contribution in [0.4, 0.5) is 5.13 Å². The van der Waals surface area contributed by atoms with Crippen molar-refractivity contribution in [2.45, 2.75) is 6.92 Å². The number of aryl methyl sites for hydroxylation is 1. The molecule has 1 amide bonds. The smallest absolute Gasteiger partial charge is 0.297 e. The number of anilines is 1. The number of thiazole rings is 1. The summed E-state index contributed by atoms with van der Waals surface area (Å²) in [5.41, 5.74) is 2.45. The minimum Gasteiger partial charge on any atom is -0.454 e. The van der Waals surface area contributed by atoms with Gasteiger partial charge < -0.3 is 9.47 Å². The first kappa shape index (κ1) is 15.7. The van der Waals surface area contributed by atoms with Gasteiger partial charge in [0.2, 0.25) is 12.6 Å². The second-order valence-electron chi connectivity index (χ2n) is 5.79. The van der Waals surface area contributed by atoms with E-state index in [-0.39, 0.29) is 12.6 Å². The van der Waals surface area contributed by atoms with Gasteiger partial charge in [-0.25, -0.2) is 14.5 Å². The summed E-state index contributed by atoms with van der Waals surface area (Å²) in [7, 11) is 0. The summed E-state index contributed by atoms with van der Waals surface area (Å²) in [5.74, 6) is 1.37. The van der Waals surface area contributed by atoms with Gasteiger partial charge in [0.05, 0.1) is 5.69 Å². The topological polar surface area (TPSA) is 104 Å². The Hall–Kier alpha value is -3.53. The number of carbonyl (C=O) groups excluding carboxylic acids is 1. The van der Waals surface area contributed by atoms with Crippen LogP contribution in [-0.2, 0) is 0 Å². The molecule has 0 bridgehead atoms. The fourth-order valence-corrected chi connectivity index (χ4v) is 3.39. The average Bonchev–Trinajstić information content (AvgIpc) is 3.40. The molecule has 0 saturated carbocycles. The quantitative estimate of drug-likeness (QED) is 0.582. The van der Waals surface area contributed by atoms with Crippen molar-refractivity contribution >= 4 is 28.2 Å². The van der Waals surface area contributed by atoms with E-state index in [1.807, 2.05) is 30.5 Å². The minimum atomic E-state index is -0.438. The third kappa shape index (κ3) is 2.75. The van der Waals surface area contributed by atoms with E-state index >= 15 is 0 Å². The molecule has 1 aliphatic rings. The molecule has 0 atom stereocenters. The Bertz CT molecular complexity index is 1180. The van der Waals surface area contributed by atoms with Gasteiger partial charge in [0, 0.05) is 22.8 Å². The fourth-order valence-electron chi connectivity index (χ4n) is 2.68. The number of hydrogen-bond donors (Lipinski definition) is 1. The lowest BCUT2D eigenvalue weighted by atomic mass is 10.1. The molecule has 1 N–H and O–H groups in total. The van der Waals surface area contributed by atoms with Crippen molar-refractivity contribution in [3.05, 3.63) is 47.4 Å². The van der Waals surface area contributed by atoms with Crippen molar-refractivity contribution in [2.75, 3.05) is 12.1 Å². The van der Waals surface area contributed by atoms with Crippen molar-refractivity contribution in [3.63, 3.8) is 0 Å². The van der Waals surface area contributed by atoms with Crippen LogP contribution in [0.15, 0.2) is 35.8 Å². The number of nitrogens with zero attached hydrogens (tertiary/aromatic N) is 5. The van der Waals surface area contributed by atoms with Crippen molar-refractivity contribution in [2.24, 2.45) is 0 Å². The van der Waals surface area contributed by atoms with Gasteiger partial charge >= 0.3 is 0 Å². The molecular weight excluding hydrogens is 368 g/mol. The number of fused-ring (bicyclic) bond motifs is 2. The highest BCUT2D eigenvalue weighted by Crippen LogP contribution is 2.36. The van der Waals surface area contributed by atoms with Gasteiger partial charge in [-0.1, -0.05) is 0 Å². The van der Waals surface area contributed by atoms with Crippen LogP contribution in [0.1, 0.15) is 16.3 Å². The van der Waals surface area contributed by atoms with E-state index in [4.69, 9.17) is 9.47 Å². The van der Waals surface area contributed by atoms with E-state index in [1.165, 1.54) is 15.9 Å². The highest BCUT2D eigenvalue weighted by Gasteiger charge is 2.18. The lowest BCUT2D eigenvalue weighted by Gasteiger charge is -2.00. The molecule has 4 heterocycles. The molecular formula is C17H12N6O3S. The number of amides is 1. The maximum absolute atomic E-state index is 12.4. The van der Waals surface area contributed by atoms with E-state index in [0.717, 1.165) is 17.0 Å². The second-order valence-corrected chi connectivity index (χ2v) is 6.65. The highest BCUT2D eigenvalue weighted by atomic mass is 32.1. The molecule has 4 aromatic rings. The summed E-state index contributed by atoms with van der Waals surface area (Å²) in [5, 5.41) is 9.23. The largest absolute Gasteiger partial charge is 0.454 e. The van der Waals surface area contributed by atoms with E-state index in [1.54, 1.807) is 12.3 Å². The molecule has 1 aliphatic heterocycles. The molecule has 0 spiro atoms. The first-order chi connectivity index (χ1) is 13.2. The van der Waals surface area contributed by atoms with Crippen molar-refractivity contribution in [1.82, 2.24) is 24.6 Å². The summed E-state index contributed by atoms with van der Waals surface area (Å²) in [6, 6.07) is 7.39. The number of nitrogens with one attached hydrogen (secondary N) is 1. The average molecular weight is 380 g/mol. The van der Waals surface area contributed by atoms with Crippen molar-refractivity contribution < 1.29 is 14.3 Å². The second kappa shape index (κ2) is 6.02. The molecule has 3 aromatic heterocycles. The number of hydrogen-bond acceptors (Lipinski definition) is 8. The Balaban J connectivity index is 1.38. The molecule has 27 heavy (non-hydrogen) atoms. The first-order valence-electron chi connectivity index (χ1n) is 8.03. The number of ether oxygens (including phenoxy) is 2. The monoisotopic (exact) mass is 380 g/mol. The van der Waals surface area contributed by atoms with Gasteiger partial charge in [0.25, 0.3) is 11.7 Å². The molecule has 0 saturated heterocycles. The molecule has 1 aromatic carbocycles. The molecule has 9 nitrogen and oxygen atoms in total. The Morgan fingerprint density at radius 2 is 2.11 bits per heavy atom. The first-order valence-corrected chi connectivity index (χ1v) is 8.90. The third-order valence-electron chi connectivity index (χ3n) is 4.03. The van der Waals surface area contributed by atoms with Crippen LogP contribution in [0.25, 0.3) is 17.0 Å². The van der Waals surface area contributed by atoms with Crippen LogP contribution in [0.3, 0.4) is 0 Å². The number of carbonyl (C=O) groups is 1. The molecule has 0 unspecified atom stereocenters. The summed E-state index contributed by atoms with van der Waals surface area (Å²) in [6.07, 6.45) is 1.62. The predicted molar refractivity (Wildman–Crippen MR) is 97.1 cm³/mol. The van der Waals surface area contributed by atoms with Gasteiger partial charge in [-0.3, -0.25) is 10.1 Å². The van der Waals surface area contributed by atoms with Gasteiger partial charge in [-0.15, -0.1) is 16.4 Å². The zero-order chi connectivity index (χ0) is 18.4. The van der Waals surface area contributed by atoms with Crippen LogP contribution in [0, 0.1) is 6.92 Å². The van der Waals surface area contributed by atoms with Crippen molar-refractivity contribution in [1.29, 1.82) is 0 Å². The minimum absolute atomic E-state index is 0.0385. The summed E-state index contributed by atoms with van der Waals surface area (Å²) < 4.78 is 12.2. The normalized spacial score (nSPS) is 12.5. The van der Waals surface area contributed by atoms with E-state index < -0.39 is 5.91 Å². The van der Waals surface area contributed by atoms with Crippen LogP contribution < -0.4 is 14.8 Å². The zero-order valence-electron chi connectivity index (χ0n) is 14.0. The number of benzene rings is 1. The van der Waals surface area contributed by atoms with Crippen LogP contribution in [0.2, 0.25) is 0 Å². The molecule has 0 radical (unpaired) electrons. The number of rotatable bonds is 3. The van der Waals surface area contributed by atoms with Gasteiger partial charge in [0.1, 0.15) is 0 Å². The molecule has 0 fully saturated rings. The lowest BCUT2D eigenvalue weighted by molar-refractivity contribution is 0.101. The van der Waals surface area contributed by atoms with E-state index in [2.05, 4.69) is 25.4 Å². The lowest BCUT2D eigenvalue weighted by Crippen LogP contribution is -2.13. The molecule has 10 heteroatoms. The van der Waals surface area contributed by atoms with E-state index in [9.17, 15) is 4.79 Å². The molecule has 134 valence electrons. The maximum atomic E-state index is 12.4. The Morgan fingerprint density at radius 1 is 1.22 bits per heavy atom. The van der Waals surface area contributed by atoms with E-state index in [0.29, 0.717) is 22.4 Å². The Morgan fingerprint density at radius 3 is 3.00 bits per heavy atom. The zero-order valence-corrected chi connectivity index (χ0v) is 14.9. The van der Waals surface area contributed by atoms with Gasteiger partial charge in [-0.05, 0) is 31.2 Å². The molecule has 5 rings (SSSR count). The van der Waals surface area contributed by atoms with Gasteiger partial charge in [-0.2, -0.15) is 4.98 Å². The van der Waals surface area contributed by atoms with Crippen LogP contribution in [-0.4, -0.2) is 37.3 Å². The predicted octanol–water partition coefficient (Wildman–Crippen LogP) is 2.54. The molecule has 0 aliphatic carbocycles. The van der Waals surface area contributed by atoms with Gasteiger partial charge in [0.15, 0.2) is 16.6 Å². The standard InChI is InChI=1S/C17H12N6O3S/c1-9-4-5-18-16-20-14(22-23(9)16)15(24)21-17-19-11(7-27-17)10-2-3-12-13(6-10)26-8-25-12/h2-7H,8H2,1H3,(H,19,21,24). The Labute approximate surface area is 156 Å². The Kier molecular flexibility index (Phi) is 3.50. The number of aromatic nitrogens is 5. The highest BCUT2D eigenvalue weighted by molar-refractivity contribution is 7.14. The summed E-state index contributed by atoms with van der Waals surface area (Å²) >= 11 is 1.32. The SMILES string of the molecule is Cc1ccnc2nc(C(=O)Nc3nc(-c4ccc5c(c4)OCO5)cs3)nn12. The summed E-state index contributed by atoms with van der Waals surface area (Å²) in [6.45, 7) is 2.08. The summed E-state index contributed by atoms with van der Waals surface area (Å²) in [4.78, 5) is 25.1. The van der Waals surface area contributed by atoms with Crippen LogP contribution in [0.5, 0.6) is 11.5 Å². The maximum Gasteiger partial charge on any atom is 0.297 e.